The van der Waals surface area contributed by atoms with Crippen LogP contribution in [0.5, 0.6) is 0 Å². The number of rotatable bonds is 7. The van der Waals surface area contributed by atoms with Gasteiger partial charge in [-0.15, -0.1) is 11.8 Å². The summed E-state index contributed by atoms with van der Waals surface area (Å²) in [6.45, 7) is 0. The third kappa shape index (κ3) is 4.52. The van der Waals surface area contributed by atoms with E-state index in [2.05, 4.69) is 24.3 Å². The van der Waals surface area contributed by atoms with Crippen LogP contribution in [0.3, 0.4) is 0 Å². The second-order valence-electron chi connectivity index (χ2n) is 5.98. The first-order valence-corrected chi connectivity index (χ1v) is 9.47. The van der Waals surface area contributed by atoms with Crippen molar-refractivity contribution in [1.82, 2.24) is 0 Å². The molecule has 0 aliphatic rings. The second kappa shape index (κ2) is 8.68. The SMILES string of the molecule is COC(=O)CS[C@@H](CC(=O)c1ccccc1)c1ccc2ccccc2c1. The Balaban J connectivity index is 1.86. The van der Waals surface area contributed by atoms with Crippen LogP contribution in [0.2, 0.25) is 0 Å². The maximum Gasteiger partial charge on any atom is 0.315 e. The van der Waals surface area contributed by atoms with Crippen LogP contribution in [0.4, 0.5) is 0 Å². The zero-order chi connectivity index (χ0) is 18.4. The van der Waals surface area contributed by atoms with Gasteiger partial charge >= 0.3 is 5.97 Å². The lowest BCUT2D eigenvalue weighted by atomic mass is 10.00. The largest absolute Gasteiger partial charge is 0.468 e. The third-order valence-electron chi connectivity index (χ3n) is 4.24. The number of benzene rings is 3. The summed E-state index contributed by atoms with van der Waals surface area (Å²) in [5.41, 5.74) is 1.74. The molecule has 0 saturated heterocycles. The summed E-state index contributed by atoms with van der Waals surface area (Å²) in [4.78, 5) is 24.3. The van der Waals surface area contributed by atoms with E-state index in [0.29, 0.717) is 12.0 Å². The number of methoxy groups -OCH3 is 1. The summed E-state index contributed by atoms with van der Waals surface area (Å²) < 4.78 is 4.75. The minimum Gasteiger partial charge on any atom is -0.468 e. The Kier molecular flexibility index (Phi) is 6.08. The Labute approximate surface area is 157 Å². The lowest BCUT2D eigenvalue weighted by Crippen LogP contribution is -2.10. The van der Waals surface area contributed by atoms with Crippen molar-refractivity contribution >= 4 is 34.3 Å². The predicted molar refractivity (Wildman–Crippen MR) is 107 cm³/mol. The van der Waals surface area contributed by atoms with Crippen LogP contribution in [0.15, 0.2) is 72.8 Å². The third-order valence-corrected chi connectivity index (χ3v) is 5.49. The van der Waals surface area contributed by atoms with E-state index in [0.717, 1.165) is 16.3 Å². The van der Waals surface area contributed by atoms with Crippen LogP contribution in [0, 0.1) is 0 Å². The Bertz CT molecular complexity index is 905. The van der Waals surface area contributed by atoms with Gasteiger partial charge in [0.2, 0.25) is 0 Å². The number of fused-ring (bicyclic) bond motifs is 1. The van der Waals surface area contributed by atoms with Crippen LogP contribution in [0.1, 0.15) is 27.6 Å². The lowest BCUT2D eigenvalue weighted by molar-refractivity contribution is -0.137. The van der Waals surface area contributed by atoms with Gasteiger partial charge in [-0.25, -0.2) is 0 Å². The van der Waals surface area contributed by atoms with Gasteiger partial charge in [0.25, 0.3) is 0 Å². The number of hydrogen-bond acceptors (Lipinski definition) is 4. The molecule has 3 aromatic rings. The first-order chi connectivity index (χ1) is 12.7. The topological polar surface area (TPSA) is 43.4 Å². The molecule has 132 valence electrons. The van der Waals surface area contributed by atoms with Crippen LogP contribution in [0.25, 0.3) is 10.8 Å². The normalized spacial score (nSPS) is 11.9. The van der Waals surface area contributed by atoms with Gasteiger partial charge in [0.1, 0.15) is 0 Å². The van der Waals surface area contributed by atoms with Crippen molar-refractivity contribution in [2.24, 2.45) is 0 Å². The molecule has 3 rings (SSSR count). The molecule has 0 spiro atoms. The molecule has 3 nitrogen and oxygen atoms in total. The zero-order valence-corrected chi connectivity index (χ0v) is 15.4. The molecule has 3 aromatic carbocycles. The molecule has 4 heteroatoms. The van der Waals surface area contributed by atoms with Gasteiger partial charge in [0.15, 0.2) is 5.78 Å². The first kappa shape index (κ1) is 18.2. The molecule has 0 unspecified atom stereocenters. The van der Waals surface area contributed by atoms with Gasteiger partial charge in [-0.3, -0.25) is 9.59 Å². The fraction of sp³-hybridized carbons (Fsp3) is 0.182. The van der Waals surface area contributed by atoms with Gasteiger partial charge in [0.05, 0.1) is 12.9 Å². The monoisotopic (exact) mass is 364 g/mol. The van der Waals surface area contributed by atoms with E-state index in [1.807, 2.05) is 48.5 Å². The number of ether oxygens (including phenoxy) is 1. The number of thioether (sulfide) groups is 1. The Morgan fingerprint density at radius 1 is 0.923 bits per heavy atom. The van der Waals surface area contributed by atoms with Crippen molar-refractivity contribution in [1.29, 1.82) is 0 Å². The summed E-state index contributed by atoms with van der Waals surface area (Å²) in [7, 11) is 1.38. The van der Waals surface area contributed by atoms with Crippen LogP contribution >= 0.6 is 11.8 Å². The molecule has 0 radical (unpaired) electrons. The molecule has 0 heterocycles. The standard InChI is InChI=1S/C22H20O3S/c1-25-22(24)15-26-21(14-20(23)17-8-3-2-4-9-17)19-12-11-16-7-5-6-10-18(16)13-19/h2-13,21H,14-15H2,1H3/t21-/m0/s1. The zero-order valence-electron chi connectivity index (χ0n) is 14.6. The highest BCUT2D eigenvalue weighted by atomic mass is 32.2. The number of Topliss-reactive ketones (excluding diaryl/α,β-unsaturated/α-hetero) is 1. The van der Waals surface area contributed by atoms with Gasteiger partial charge < -0.3 is 4.74 Å². The highest BCUT2D eigenvalue weighted by molar-refractivity contribution is 8.00. The van der Waals surface area contributed by atoms with E-state index >= 15 is 0 Å². The lowest BCUT2D eigenvalue weighted by Gasteiger charge is -2.17. The molecule has 0 bridgehead atoms. The summed E-state index contributed by atoms with van der Waals surface area (Å²) in [5.74, 6) is 0.00450. The molecular formula is C22H20O3S. The summed E-state index contributed by atoms with van der Waals surface area (Å²) in [6, 6.07) is 23.6. The average molecular weight is 364 g/mol. The van der Waals surface area contributed by atoms with E-state index in [1.165, 1.54) is 18.9 Å². The second-order valence-corrected chi connectivity index (χ2v) is 7.17. The number of hydrogen-bond donors (Lipinski definition) is 0. The van der Waals surface area contributed by atoms with Crippen LogP contribution < -0.4 is 0 Å². The van der Waals surface area contributed by atoms with Crippen LogP contribution in [-0.2, 0) is 9.53 Å². The van der Waals surface area contributed by atoms with Crippen LogP contribution in [-0.4, -0.2) is 24.6 Å². The molecule has 1 atom stereocenters. The Hall–Kier alpha value is -2.59. The van der Waals surface area contributed by atoms with Crippen molar-refractivity contribution < 1.29 is 14.3 Å². The minimum absolute atomic E-state index is 0.0705. The van der Waals surface area contributed by atoms with Gasteiger partial charge in [0, 0.05) is 17.2 Å². The molecule has 0 aliphatic carbocycles. The molecular weight excluding hydrogens is 344 g/mol. The van der Waals surface area contributed by atoms with Crippen molar-refractivity contribution in [3.8, 4) is 0 Å². The van der Waals surface area contributed by atoms with Gasteiger partial charge in [-0.05, 0) is 16.3 Å². The van der Waals surface area contributed by atoms with E-state index in [-0.39, 0.29) is 22.8 Å². The van der Waals surface area contributed by atoms with Crippen molar-refractivity contribution in [3.05, 3.63) is 83.9 Å². The highest BCUT2D eigenvalue weighted by Crippen LogP contribution is 2.35. The molecule has 0 fully saturated rings. The molecule has 26 heavy (non-hydrogen) atoms. The highest BCUT2D eigenvalue weighted by Gasteiger charge is 2.19. The molecule has 0 amide bonds. The molecule has 0 N–H and O–H groups in total. The van der Waals surface area contributed by atoms with Gasteiger partial charge in [-0.2, -0.15) is 0 Å². The first-order valence-electron chi connectivity index (χ1n) is 8.43. The van der Waals surface area contributed by atoms with E-state index in [4.69, 9.17) is 4.74 Å². The number of carbonyl (C=O) groups excluding carboxylic acids is 2. The number of carbonyl (C=O) groups is 2. The summed E-state index contributed by atoms with van der Waals surface area (Å²) >= 11 is 1.44. The maximum absolute atomic E-state index is 12.7. The predicted octanol–water partition coefficient (Wildman–Crippen LogP) is 5.06. The smallest absolute Gasteiger partial charge is 0.315 e. The molecule has 0 aromatic heterocycles. The Morgan fingerprint density at radius 2 is 1.62 bits per heavy atom. The maximum atomic E-state index is 12.7. The number of esters is 1. The summed E-state index contributed by atoms with van der Waals surface area (Å²) in [5, 5.41) is 2.18. The quantitative estimate of drug-likeness (QED) is 0.434. The Morgan fingerprint density at radius 3 is 2.35 bits per heavy atom. The van der Waals surface area contributed by atoms with E-state index in [9.17, 15) is 9.59 Å². The fourth-order valence-corrected chi connectivity index (χ4v) is 3.88. The average Bonchev–Trinajstić information content (AvgIpc) is 2.70. The van der Waals surface area contributed by atoms with E-state index < -0.39 is 0 Å². The van der Waals surface area contributed by atoms with Crippen molar-refractivity contribution in [2.75, 3.05) is 12.9 Å². The fourth-order valence-electron chi connectivity index (χ4n) is 2.82. The van der Waals surface area contributed by atoms with E-state index in [1.54, 1.807) is 0 Å². The number of ketones is 1. The van der Waals surface area contributed by atoms with Crippen molar-refractivity contribution in [3.63, 3.8) is 0 Å². The molecule has 0 saturated carbocycles. The summed E-state index contributed by atoms with van der Waals surface area (Å²) in [6.07, 6.45) is 0.337. The van der Waals surface area contributed by atoms with Crippen molar-refractivity contribution in [2.45, 2.75) is 11.7 Å². The van der Waals surface area contributed by atoms with Gasteiger partial charge in [-0.1, -0.05) is 72.8 Å². The molecule has 0 aliphatic heterocycles. The minimum atomic E-state index is -0.284.